The Balaban J connectivity index is 1.73. The number of fused-ring (bicyclic) bond motifs is 1. The van der Waals surface area contributed by atoms with Gasteiger partial charge in [0.1, 0.15) is 12.6 Å². The first kappa shape index (κ1) is 29.9. The summed E-state index contributed by atoms with van der Waals surface area (Å²) in [5.41, 5.74) is 3.03. The maximum absolute atomic E-state index is 14.2. The highest BCUT2D eigenvalue weighted by molar-refractivity contribution is 7.92. The van der Waals surface area contributed by atoms with E-state index in [2.05, 4.69) is 5.32 Å². The summed E-state index contributed by atoms with van der Waals surface area (Å²) in [7, 11) is -3.87. The van der Waals surface area contributed by atoms with Crippen molar-refractivity contribution in [1.82, 2.24) is 10.2 Å². The largest absolute Gasteiger partial charge is 0.454 e. The molecule has 0 saturated heterocycles. The topological polar surface area (TPSA) is 105 Å². The van der Waals surface area contributed by atoms with Crippen molar-refractivity contribution in [2.45, 2.75) is 46.2 Å². The van der Waals surface area contributed by atoms with Crippen molar-refractivity contribution >= 4 is 27.5 Å². The molecule has 0 radical (unpaired) electrons. The second-order valence-corrected chi connectivity index (χ2v) is 12.1. The Morgan fingerprint density at radius 2 is 1.66 bits per heavy atom. The van der Waals surface area contributed by atoms with Gasteiger partial charge in [0.05, 0.1) is 11.4 Å². The summed E-state index contributed by atoms with van der Waals surface area (Å²) in [6.07, 6.45) is 1.01. The maximum Gasteiger partial charge on any atom is 0.244 e. The highest BCUT2D eigenvalue weighted by atomic mass is 32.2. The van der Waals surface area contributed by atoms with Crippen LogP contribution in [0.15, 0.2) is 72.8 Å². The first-order valence-electron chi connectivity index (χ1n) is 13.8. The standard InChI is InChI=1S/C31H37N3O6S/c1-4-16-32-31(36)27(18-24-11-7-6-8-12-24)33(20-25-13-9-10-23(3)17-25)30(35)21-34(41(37,38)5-2)26-14-15-28-29(19-26)40-22-39-28/h6-15,17,19,27H,4-5,16,18,20-22H2,1-3H3,(H,32,36)/t27-/m0/s1. The van der Waals surface area contributed by atoms with Crippen LogP contribution in [0, 0.1) is 6.92 Å². The predicted molar refractivity (Wildman–Crippen MR) is 158 cm³/mol. The molecule has 1 N–H and O–H groups in total. The van der Waals surface area contributed by atoms with Crippen LogP contribution >= 0.6 is 0 Å². The van der Waals surface area contributed by atoms with Crippen LogP contribution in [0.5, 0.6) is 11.5 Å². The number of nitrogens with zero attached hydrogens (tertiary/aromatic N) is 2. The molecular weight excluding hydrogens is 542 g/mol. The molecule has 0 bridgehead atoms. The Bertz CT molecular complexity index is 1460. The smallest absolute Gasteiger partial charge is 0.244 e. The van der Waals surface area contributed by atoms with Gasteiger partial charge in [-0.05, 0) is 43.5 Å². The molecule has 1 heterocycles. The maximum atomic E-state index is 14.2. The molecule has 0 saturated carbocycles. The van der Waals surface area contributed by atoms with Crippen LogP contribution < -0.4 is 19.1 Å². The van der Waals surface area contributed by atoms with Crippen LogP contribution in [0.1, 0.15) is 37.0 Å². The third-order valence-corrected chi connectivity index (χ3v) is 8.62. The van der Waals surface area contributed by atoms with Gasteiger partial charge in [0.15, 0.2) is 11.5 Å². The molecule has 3 aromatic rings. The van der Waals surface area contributed by atoms with Gasteiger partial charge in [-0.3, -0.25) is 13.9 Å². The lowest BCUT2D eigenvalue weighted by Gasteiger charge is -2.34. The minimum Gasteiger partial charge on any atom is -0.454 e. The zero-order chi connectivity index (χ0) is 29.4. The number of ether oxygens (including phenoxy) is 2. The number of hydrogen-bond donors (Lipinski definition) is 1. The Morgan fingerprint density at radius 3 is 2.37 bits per heavy atom. The van der Waals surface area contributed by atoms with Crippen LogP contribution in [0.2, 0.25) is 0 Å². The summed E-state index contributed by atoms with van der Waals surface area (Å²) in [6, 6.07) is 21.1. The highest BCUT2D eigenvalue weighted by Gasteiger charge is 2.34. The molecule has 0 aromatic heterocycles. The average molecular weight is 580 g/mol. The number of anilines is 1. The second kappa shape index (κ2) is 13.5. The van der Waals surface area contributed by atoms with Crippen molar-refractivity contribution in [1.29, 1.82) is 0 Å². The van der Waals surface area contributed by atoms with Crippen molar-refractivity contribution in [3.63, 3.8) is 0 Å². The van der Waals surface area contributed by atoms with Crippen molar-refractivity contribution in [2.24, 2.45) is 0 Å². The molecule has 2 amide bonds. The molecule has 10 heteroatoms. The zero-order valence-corrected chi connectivity index (χ0v) is 24.5. The molecule has 0 unspecified atom stereocenters. The number of benzene rings is 3. The van der Waals surface area contributed by atoms with E-state index >= 15 is 0 Å². The summed E-state index contributed by atoms with van der Waals surface area (Å²) in [4.78, 5) is 29.3. The van der Waals surface area contributed by atoms with E-state index in [1.807, 2.05) is 68.4 Å². The molecule has 1 aliphatic heterocycles. The van der Waals surface area contributed by atoms with Gasteiger partial charge < -0.3 is 19.7 Å². The molecule has 3 aromatic carbocycles. The molecule has 1 aliphatic rings. The number of carbonyl (C=O) groups is 2. The van der Waals surface area contributed by atoms with Crippen molar-refractivity contribution in [3.05, 3.63) is 89.5 Å². The molecule has 0 aliphatic carbocycles. The van der Waals surface area contributed by atoms with Gasteiger partial charge in [-0.15, -0.1) is 0 Å². The van der Waals surface area contributed by atoms with Crippen LogP contribution in [-0.4, -0.2) is 56.8 Å². The van der Waals surface area contributed by atoms with Crippen LogP contribution in [0.4, 0.5) is 5.69 Å². The van der Waals surface area contributed by atoms with Gasteiger partial charge in [0.2, 0.25) is 28.6 Å². The van der Waals surface area contributed by atoms with Gasteiger partial charge in [0.25, 0.3) is 0 Å². The first-order chi connectivity index (χ1) is 19.7. The van der Waals surface area contributed by atoms with Gasteiger partial charge in [-0.2, -0.15) is 0 Å². The monoisotopic (exact) mass is 579 g/mol. The van der Waals surface area contributed by atoms with Gasteiger partial charge >= 0.3 is 0 Å². The number of nitrogens with one attached hydrogen (secondary N) is 1. The number of carbonyl (C=O) groups excluding carboxylic acids is 2. The van der Waals surface area contributed by atoms with E-state index in [-0.39, 0.29) is 37.1 Å². The molecule has 218 valence electrons. The van der Waals surface area contributed by atoms with E-state index in [9.17, 15) is 18.0 Å². The van der Waals surface area contributed by atoms with E-state index in [1.165, 1.54) is 11.8 Å². The predicted octanol–water partition coefficient (Wildman–Crippen LogP) is 4.05. The Labute approximate surface area is 242 Å². The molecule has 4 rings (SSSR count). The van der Waals surface area contributed by atoms with E-state index < -0.39 is 28.5 Å². The molecular formula is C31H37N3O6S. The molecule has 9 nitrogen and oxygen atoms in total. The van der Waals surface area contributed by atoms with Crippen LogP contribution in [0.3, 0.4) is 0 Å². The first-order valence-corrected chi connectivity index (χ1v) is 15.4. The van der Waals surface area contributed by atoms with Gasteiger partial charge in [-0.25, -0.2) is 8.42 Å². The Kier molecular flexibility index (Phi) is 9.88. The van der Waals surface area contributed by atoms with Crippen molar-refractivity contribution in [3.8, 4) is 11.5 Å². The molecule has 0 fully saturated rings. The quantitative estimate of drug-likeness (QED) is 0.328. The van der Waals surface area contributed by atoms with Crippen molar-refractivity contribution in [2.75, 3.05) is 29.9 Å². The Hall–Kier alpha value is -4.05. The lowest BCUT2D eigenvalue weighted by molar-refractivity contribution is -0.140. The summed E-state index contributed by atoms with van der Waals surface area (Å²) in [5, 5.41) is 2.94. The number of amides is 2. The fraction of sp³-hybridized carbons (Fsp3) is 0.355. The lowest BCUT2D eigenvalue weighted by atomic mass is 10.0. The number of sulfonamides is 1. The van der Waals surface area contributed by atoms with Gasteiger partial charge in [0, 0.05) is 25.6 Å². The third kappa shape index (κ3) is 7.58. The van der Waals surface area contributed by atoms with Crippen LogP contribution in [-0.2, 0) is 32.6 Å². The zero-order valence-electron chi connectivity index (χ0n) is 23.7. The Morgan fingerprint density at radius 1 is 0.927 bits per heavy atom. The number of hydrogen-bond acceptors (Lipinski definition) is 6. The number of aryl methyl sites for hydroxylation is 1. The van der Waals surface area contributed by atoms with Crippen molar-refractivity contribution < 1.29 is 27.5 Å². The summed E-state index contributed by atoms with van der Waals surface area (Å²) >= 11 is 0. The second-order valence-electron chi connectivity index (χ2n) is 9.95. The lowest BCUT2D eigenvalue weighted by Crippen LogP contribution is -2.53. The summed E-state index contributed by atoms with van der Waals surface area (Å²) in [5.74, 6) is -0.0791. The van der Waals surface area contributed by atoms with E-state index in [0.717, 1.165) is 27.4 Å². The van der Waals surface area contributed by atoms with Gasteiger partial charge in [-0.1, -0.05) is 67.1 Å². The van der Waals surface area contributed by atoms with E-state index in [4.69, 9.17) is 9.47 Å². The molecule has 1 atom stereocenters. The highest BCUT2D eigenvalue weighted by Crippen LogP contribution is 2.36. The average Bonchev–Trinajstić information content (AvgIpc) is 3.45. The minimum atomic E-state index is -3.87. The normalized spacial score (nSPS) is 13.0. The third-order valence-electron chi connectivity index (χ3n) is 6.88. The fourth-order valence-corrected chi connectivity index (χ4v) is 5.74. The molecule has 0 spiro atoms. The van der Waals surface area contributed by atoms with Crippen LogP contribution in [0.25, 0.3) is 0 Å². The minimum absolute atomic E-state index is 0.0382. The SMILES string of the molecule is CCCNC(=O)[C@H](Cc1ccccc1)N(Cc1cccc(C)c1)C(=O)CN(c1ccc2c(c1)OCO2)S(=O)(=O)CC. The van der Waals surface area contributed by atoms with E-state index in [0.29, 0.717) is 18.0 Å². The molecule has 41 heavy (non-hydrogen) atoms. The summed E-state index contributed by atoms with van der Waals surface area (Å²) < 4.78 is 38.5. The number of rotatable bonds is 13. The van der Waals surface area contributed by atoms with E-state index in [1.54, 1.807) is 18.2 Å². The fourth-order valence-electron chi connectivity index (χ4n) is 4.69. The summed E-state index contributed by atoms with van der Waals surface area (Å²) in [6.45, 7) is 5.61.